The molecule has 0 spiro atoms. The smallest absolute Gasteiger partial charge is 0.414 e. The second-order valence-electron chi connectivity index (χ2n) is 12.1. The van der Waals surface area contributed by atoms with Crippen LogP contribution in [-0.4, -0.2) is 96.9 Å². The van der Waals surface area contributed by atoms with Gasteiger partial charge >= 0.3 is 6.09 Å². The van der Waals surface area contributed by atoms with Crippen LogP contribution in [0, 0.1) is 5.82 Å². The number of Topliss-reactive ketones (excluding diaryl/α,β-unsaturated/α-hetero) is 1. The summed E-state index contributed by atoms with van der Waals surface area (Å²) in [6.45, 7) is 7.52. The first-order chi connectivity index (χ1) is 23.4. The Kier molecular flexibility index (Phi) is 13.0. The molecule has 4 amide bonds. The SMILES string of the molecule is CCC(=S)NC[C@H]1CN(c2ccc(N3CCN(C(=O)CCC(=O)c4ccc(CNC(=O)C(C)NC(=O)C(C)N)cc4)CC3)c(F)c2)C(=O)O1. The quantitative estimate of drug-likeness (QED) is 0.170. The molecule has 4 rings (SSSR count). The lowest BCUT2D eigenvalue weighted by molar-refractivity contribution is -0.131. The number of piperazine rings is 1. The number of hydrogen-bond acceptors (Lipinski definition) is 9. The second kappa shape index (κ2) is 17.2. The van der Waals surface area contributed by atoms with E-state index < -0.39 is 36.0 Å². The number of amides is 4. The van der Waals surface area contributed by atoms with Gasteiger partial charge in [-0.25, -0.2) is 9.18 Å². The molecule has 2 aromatic rings. The Bertz CT molecular complexity index is 1550. The Morgan fingerprint density at radius 2 is 1.69 bits per heavy atom. The van der Waals surface area contributed by atoms with Gasteiger partial charge in [0.15, 0.2) is 5.78 Å². The van der Waals surface area contributed by atoms with E-state index in [2.05, 4.69) is 16.0 Å². The summed E-state index contributed by atoms with van der Waals surface area (Å²) in [7, 11) is 0. The molecule has 2 heterocycles. The minimum Gasteiger partial charge on any atom is -0.442 e. The van der Waals surface area contributed by atoms with E-state index in [1.54, 1.807) is 48.2 Å². The molecular weight excluding hydrogens is 653 g/mol. The van der Waals surface area contributed by atoms with Crippen molar-refractivity contribution < 1.29 is 33.1 Å². The highest BCUT2D eigenvalue weighted by Gasteiger charge is 2.33. The molecule has 0 radical (unpaired) electrons. The lowest BCUT2D eigenvalue weighted by atomic mass is 10.0. The van der Waals surface area contributed by atoms with Crippen LogP contribution in [0.5, 0.6) is 0 Å². The van der Waals surface area contributed by atoms with Crippen molar-refractivity contribution in [3.8, 4) is 0 Å². The number of cyclic esters (lactones) is 1. The van der Waals surface area contributed by atoms with Gasteiger partial charge in [0, 0.05) is 51.1 Å². The van der Waals surface area contributed by atoms with Crippen molar-refractivity contribution >= 4 is 58.2 Å². The molecule has 2 aliphatic rings. The molecule has 2 saturated heterocycles. The van der Waals surface area contributed by atoms with Gasteiger partial charge in [-0.3, -0.25) is 24.1 Å². The largest absolute Gasteiger partial charge is 0.442 e. The third-order valence-electron chi connectivity index (χ3n) is 8.41. The van der Waals surface area contributed by atoms with E-state index in [0.29, 0.717) is 61.1 Å². The molecular formula is C34H44FN7O6S. The Morgan fingerprint density at radius 1 is 1.00 bits per heavy atom. The highest BCUT2D eigenvalue weighted by molar-refractivity contribution is 7.80. The summed E-state index contributed by atoms with van der Waals surface area (Å²) in [4.78, 5) is 67.7. The molecule has 15 heteroatoms. The number of nitrogens with zero attached hydrogens (tertiary/aromatic N) is 3. The average molecular weight is 698 g/mol. The molecule has 0 bridgehead atoms. The number of carbonyl (C=O) groups is 5. The molecule has 0 aromatic heterocycles. The van der Waals surface area contributed by atoms with E-state index in [1.807, 2.05) is 11.8 Å². The summed E-state index contributed by atoms with van der Waals surface area (Å²) in [5.74, 6) is -1.58. The lowest BCUT2D eigenvalue weighted by Gasteiger charge is -2.36. The van der Waals surface area contributed by atoms with Gasteiger partial charge in [-0.2, -0.15) is 0 Å². The Labute approximate surface area is 290 Å². The standard InChI is InChI=1S/C34H44FN7O6S/c1-4-30(49)37-19-26-20-42(34(47)48-26)25-9-10-28(27(35)17-25)40-13-15-41(16-14-40)31(44)12-11-29(43)24-7-5-23(6-8-24)18-38-33(46)22(3)39-32(45)21(2)36/h5-10,17,21-22,26H,4,11-16,18-20,36H2,1-3H3,(H,37,49)(H,38,46)(H,39,45)/t21?,22?,26-/m0/s1. The molecule has 5 N–H and O–H groups in total. The molecule has 2 aromatic carbocycles. The zero-order valence-electron chi connectivity index (χ0n) is 28.0. The van der Waals surface area contributed by atoms with Gasteiger partial charge in [0.2, 0.25) is 17.7 Å². The van der Waals surface area contributed by atoms with Crippen molar-refractivity contribution in [3.63, 3.8) is 0 Å². The van der Waals surface area contributed by atoms with Gasteiger partial charge in [-0.05, 0) is 44.0 Å². The molecule has 2 aliphatic heterocycles. The highest BCUT2D eigenvalue weighted by atomic mass is 32.1. The number of ether oxygens (including phenoxy) is 1. The average Bonchev–Trinajstić information content (AvgIpc) is 3.48. The number of ketones is 1. The maximum Gasteiger partial charge on any atom is 0.414 e. The lowest BCUT2D eigenvalue weighted by Crippen LogP contribution is -2.49. The molecule has 0 saturated carbocycles. The summed E-state index contributed by atoms with van der Waals surface area (Å²) >= 11 is 5.16. The molecule has 13 nitrogen and oxygen atoms in total. The number of nitrogens with one attached hydrogen (secondary N) is 3. The minimum absolute atomic E-state index is 0.0448. The third-order valence-corrected chi connectivity index (χ3v) is 8.85. The van der Waals surface area contributed by atoms with E-state index in [-0.39, 0.29) is 43.5 Å². The monoisotopic (exact) mass is 697 g/mol. The first-order valence-electron chi connectivity index (χ1n) is 16.4. The fourth-order valence-electron chi connectivity index (χ4n) is 5.39. The van der Waals surface area contributed by atoms with Gasteiger partial charge < -0.3 is 36.2 Å². The van der Waals surface area contributed by atoms with Crippen LogP contribution in [0.2, 0.25) is 0 Å². The van der Waals surface area contributed by atoms with Gasteiger partial charge in [0.05, 0.1) is 35.5 Å². The molecule has 2 unspecified atom stereocenters. The number of rotatable bonds is 14. The van der Waals surface area contributed by atoms with E-state index in [1.165, 1.54) is 17.9 Å². The van der Waals surface area contributed by atoms with Crippen LogP contribution in [0.4, 0.5) is 20.6 Å². The maximum absolute atomic E-state index is 15.2. The van der Waals surface area contributed by atoms with Gasteiger partial charge in [0.25, 0.3) is 0 Å². The molecule has 49 heavy (non-hydrogen) atoms. The molecule has 2 fully saturated rings. The zero-order chi connectivity index (χ0) is 35.7. The first kappa shape index (κ1) is 37.2. The number of carbonyl (C=O) groups excluding carboxylic acids is 5. The fraction of sp³-hybridized carbons (Fsp3) is 0.471. The summed E-state index contributed by atoms with van der Waals surface area (Å²) in [5, 5.41) is 8.32. The van der Waals surface area contributed by atoms with E-state index in [9.17, 15) is 24.0 Å². The number of nitrogens with two attached hydrogens (primary N) is 1. The van der Waals surface area contributed by atoms with Crippen molar-refractivity contribution in [2.45, 2.75) is 64.8 Å². The third kappa shape index (κ3) is 10.2. The van der Waals surface area contributed by atoms with Crippen LogP contribution >= 0.6 is 12.2 Å². The summed E-state index contributed by atoms with van der Waals surface area (Å²) in [6, 6.07) is 9.92. The predicted octanol–water partition coefficient (Wildman–Crippen LogP) is 2.26. The van der Waals surface area contributed by atoms with E-state index in [0.717, 1.165) is 5.56 Å². The summed E-state index contributed by atoms with van der Waals surface area (Å²) in [5.41, 5.74) is 7.53. The summed E-state index contributed by atoms with van der Waals surface area (Å²) < 4.78 is 20.6. The predicted molar refractivity (Wildman–Crippen MR) is 187 cm³/mol. The minimum atomic E-state index is -0.746. The Balaban J connectivity index is 1.19. The van der Waals surface area contributed by atoms with Crippen LogP contribution in [0.25, 0.3) is 0 Å². The second-order valence-corrected chi connectivity index (χ2v) is 12.6. The van der Waals surface area contributed by atoms with Crippen LogP contribution in [0.3, 0.4) is 0 Å². The van der Waals surface area contributed by atoms with E-state index in [4.69, 9.17) is 22.7 Å². The molecule has 0 aliphatic carbocycles. The van der Waals surface area contributed by atoms with E-state index >= 15 is 4.39 Å². The Hall–Kier alpha value is -4.63. The van der Waals surface area contributed by atoms with Gasteiger partial charge in [-0.1, -0.05) is 43.4 Å². The normalized spacial score (nSPS) is 17.2. The van der Waals surface area contributed by atoms with Crippen molar-refractivity contribution in [2.75, 3.05) is 49.1 Å². The van der Waals surface area contributed by atoms with Crippen molar-refractivity contribution in [1.82, 2.24) is 20.9 Å². The number of halogens is 1. The first-order valence-corrected chi connectivity index (χ1v) is 16.8. The van der Waals surface area contributed by atoms with Crippen molar-refractivity contribution in [3.05, 3.63) is 59.4 Å². The summed E-state index contributed by atoms with van der Waals surface area (Å²) in [6.07, 6.45) is -0.148. The van der Waals surface area contributed by atoms with Crippen LogP contribution in [0.1, 0.15) is 56.0 Å². The van der Waals surface area contributed by atoms with Crippen molar-refractivity contribution in [2.24, 2.45) is 5.73 Å². The van der Waals surface area contributed by atoms with Crippen molar-refractivity contribution in [1.29, 1.82) is 0 Å². The van der Waals surface area contributed by atoms with Crippen LogP contribution in [0.15, 0.2) is 42.5 Å². The number of anilines is 2. The Morgan fingerprint density at radius 3 is 2.33 bits per heavy atom. The molecule has 264 valence electrons. The maximum atomic E-state index is 15.2. The van der Waals surface area contributed by atoms with Gasteiger partial charge in [0.1, 0.15) is 18.0 Å². The number of benzene rings is 2. The number of thiocarbonyl (C=S) groups is 1. The highest BCUT2D eigenvalue weighted by Crippen LogP contribution is 2.28. The van der Waals surface area contributed by atoms with Crippen LogP contribution < -0.4 is 31.5 Å². The topological polar surface area (TPSA) is 166 Å². The van der Waals surface area contributed by atoms with Crippen LogP contribution in [-0.2, 0) is 25.7 Å². The van der Waals surface area contributed by atoms with Gasteiger partial charge in [-0.15, -0.1) is 0 Å². The number of hydrogen-bond donors (Lipinski definition) is 4. The zero-order valence-corrected chi connectivity index (χ0v) is 28.8. The molecule has 3 atom stereocenters. The fourth-order valence-corrected chi connectivity index (χ4v) is 5.48.